The number of sulfonamides is 2. The normalized spacial score (nSPS) is 13.4. The standard InChI is InChI=1S/C20H44N.C2F6NO4S2/c1-5-9-13-17-21(18-14-10-6-2,19-15-11-7-3)20-16-12-8-4;3-1(4,5)14(10,11)9-15(12,13)2(6,7)8/h5-20H2,1-4H3;/q+1;-1. The number of hydrogen-bond donors (Lipinski definition) is 0. The van der Waals surface area contributed by atoms with Crippen molar-refractivity contribution in [2.24, 2.45) is 0 Å². The Labute approximate surface area is 213 Å². The molecule has 220 valence electrons. The molecule has 14 heteroatoms. The first-order valence-corrected chi connectivity index (χ1v) is 15.5. The molecule has 0 spiro atoms. The van der Waals surface area contributed by atoms with E-state index in [4.69, 9.17) is 0 Å². The molecule has 0 aliphatic rings. The Morgan fingerprint density at radius 3 is 0.889 bits per heavy atom. The summed E-state index contributed by atoms with van der Waals surface area (Å²) < 4.78 is 111. The lowest BCUT2D eigenvalue weighted by Crippen LogP contribution is -2.50. The van der Waals surface area contributed by atoms with Crippen molar-refractivity contribution >= 4 is 20.0 Å². The van der Waals surface area contributed by atoms with Crippen molar-refractivity contribution in [1.82, 2.24) is 0 Å². The monoisotopic (exact) mass is 578 g/mol. The molecule has 0 atom stereocenters. The van der Waals surface area contributed by atoms with Crippen LogP contribution >= 0.6 is 0 Å². The third-order valence-electron chi connectivity index (χ3n) is 5.73. The van der Waals surface area contributed by atoms with Crippen LogP contribution in [0, 0.1) is 0 Å². The summed E-state index contributed by atoms with van der Waals surface area (Å²) in [7, 11) is -13.4. The molecule has 6 nitrogen and oxygen atoms in total. The molecule has 0 aromatic heterocycles. The topological polar surface area (TPSA) is 82.4 Å². The first-order chi connectivity index (χ1) is 16.4. The van der Waals surface area contributed by atoms with Gasteiger partial charge in [0.1, 0.15) is 0 Å². The molecule has 36 heavy (non-hydrogen) atoms. The predicted molar refractivity (Wildman–Crippen MR) is 131 cm³/mol. The van der Waals surface area contributed by atoms with E-state index >= 15 is 0 Å². The Kier molecular flexibility index (Phi) is 18.6. The fourth-order valence-corrected chi connectivity index (χ4v) is 5.38. The first kappa shape index (κ1) is 37.6. The van der Waals surface area contributed by atoms with Gasteiger partial charge in [-0.3, -0.25) is 0 Å². The summed E-state index contributed by atoms with van der Waals surface area (Å²) >= 11 is 0. The van der Waals surface area contributed by atoms with Crippen LogP contribution in [-0.4, -0.2) is 58.5 Å². The van der Waals surface area contributed by atoms with Crippen LogP contribution in [0.3, 0.4) is 0 Å². The molecule has 0 bridgehead atoms. The van der Waals surface area contributed by atoms with Gasteiger partial charge in [0.05, 0.1) is 26.2 Å². The quantitative estimate of drug-likeness (QED) is 0.0952. The highest BCUT2D eigenvalue weighted by atomic mass is 32.3. The molecule has 0 aliphatic heterocycles. The van der Waals surface area contributed by atoms with E-state index in [-0.39, 0.29) is 0 Å². The molecular weight excluding hydrogens is 534 g/mol. The van der Waals surface area contributed by atoms with E-state index in [1.165, 1.54) is 108 Å². The molecule has 0 radical (unpaired) electrons. The van der Waals surface area contributed by atoms with Gasteiger partial charge in [-0.05, 0) is 51.4 Å². The Hall–Kier alpha value is -0.600. The Morgan fingerprint density at radius 2 is 0.722 bits per heavy atom. The van der Waals surface area contributed by atoms with Crippen LogP contribution < -0.4 is 0 Å². The Morgan fingerprint density at radius 1 is 0.500 bits per heavy atom. The number of alkyl halides is 6. The van der Waals surface area contributed by atoms with Crippen LogP contribution in [0.4, 0.5) is 26.3 Å². The molecule has 0 aliphatic carbocycles. The predicted octanol–water partition coefficient (Wildman–Crippen LogP) is 7.62. The fourth-order valence-electron chi connectivity index (χ4n) is 3.67. The summed E-state index contributed by atoms with van der Waals surface area (Å²) in [5.41, 5.74) is -12.4. The van der Waals surface area contributed by atoms with Crippen LogP contribution in [0.5, 0.6) is 0 Å². The first-order valence-electron chi connectivity index (χ1n) is 12.7. The van der Waals surface area contributed by atoms with Gasteiger partial charge in [-0.1, -0.05) is 53.4 Å². The largest absolute Gasteiger partial charge is 0.480 e. The zero-order chi connectivity index (χ0) is 28.5. The SMILES string of the molecule is CCCCC[N+](CCCCC)(CCCCC)CCCCC.O=S(=O)([N-]S(=O)(=O)C(F)(F)F)C(F)(F)F. The van der Waals surface area contributed by atoms with Gasteiger partial charge in [0, 0.05) is 0 Å². The average Bonchev–Trinajstić information content (AvgIpc) is 2.72. The van der Waals surface area contributed by atoms with Gasteiger partial charge in [-0.15, -0.1) is 0 Å². The lowest BCUT2D eigenvalue weighted by Gasteiger charge is -2.39. The summed E-state index contributed by atoms with van der Waals surface area (Å²) in [6, 6.07) is 0. The molecule has 0 fully saturated rings. The van der Waals surface area contributed by atoms with E-state index in [1.807, 2.05) is 0 Å². The molecule has 0 aromatic rings. The highest BCUT2D eigenvalue weighted by molar-refractivity contribution is 8.13. The molecule has 0 rings (SSSR count). The van der Waals surface area contributed by atoms with Crippen molar-refractivity contribution in [3.63, 3.8) is 0 Å². The number of unbranched alkanes of at least 4 members (excludes halogenated alkanes) is 8. The second-order valence-corrected chi connectivity index (χ2v) is 12.4. The number of hydrogen-bond acceptors (Lipinski definition) is 4. The zero-order valence-corrected chi connectivity index (χ0v) is 23.6. The highest BCUT2D eigenvalue weighted by Crippen LogP contribution is 2.36. The fraction of sp³-hybridized carbons (Fsp3) is 1.00. The second kappa shape index (κ2) is 17.8. The average molecular weight is 579 g/mol. The van der Waals surface area contributed by atoms with E-state index in [2.05, 4.69) is 27.7 Å². The van der Waals surface area contributed by atoms with Gasteiger partial charge >= 0.3 is 11.0 Å². The van der Waals surface area contributed by atoms with Gasteiger partial charge in [0.25, 0.3) is 0 Å². The Balaban J connectivity index is 0. The summed E-state index contributed by atoms with van der Waals surface area (Å²) in [5, 5.41) is 0. The number of quaternary nitrogens is 1. The lowest BCUT2D eigenvalue weighted by molar-refractivity contribution is -0.929. The van der Waals surface area contributed by atoms with E-state index in [0.717, 1.165) is 4.13 Å². The minimum absolute atomic E-state index is 0.778. The maximum absolute atomic E-state index is 11.4. The molecule has 0 heterocycles. The highest BCUT2D eigenvalue weighted by Gasteiger charge is 2.46. The van der Waals surface area contributed by atoms with E-state index in [0.29, 0.717) is 0 Å². The number of rotatable bonds is 18. The summed E-state index contributed by atoms with van der Waals surface area (Å²) in [6.45, 7) is 15.1. The van der Waals surface area contributed by atoms with Crippen LogP contribution in [-0.2, 0) is 20.0 Å². The summed E-state index contributed by atoms with van der Waals surface area (Å²) in [4.78, 5) is 0. The Bertz CT molecular complexity index is 683. The molecule has 0 aromatic carbocycles. The van der Waals surface area contributed by atoms with Crippen molar-refractivity contribution in [3.8, 4) is 0 Å². The summed E-state index contributed by atoms with van der Waals surface area (Å²) in [5.74, 6) is 0. The van der Waals surface area contributed by atoms with Crippen molar-refractivity contribution in [1.29, 1.82) is 0 Å². The zero-order valence-electron chi connectivity index (χ0n) is 21.9. The third kappa shape index (κ3) is 15.6. The number of nitrogens with zero attached hydrogens (tertiary/aromatic N) is 2. The molecule has 0 saturated heterocycles. The minimum atomic E-state index is -6.72. The second-order valence-electron chi connectivity index (χ2n) is 8.98. The van der Waals surface area contributed by atoms with Gasteiger partial charge < -0.3 is 8.61 Å². The maximum Gasteiger partial charge on any atom is 0.480 e. The van der Waals surface area contributed by atoms with Crippen molar-refractivity contribution < 1.29 is 47.7 Å². The van der Waals surface area contributed by atoms with Crippen molar-refractivity contribution in [2.75, 3.05) is 26.2 Å². The summed E-state index contributed by atoms with van der Waals surface area (Å²) in [6.07, 6.45) is 16.9. The van der Waals surface area contributed by atoms with E-state index in [1.54, 1.807) is 0 Å². The molecule has 0 amide bonds. The maximum atomic E-state index is 11.4. The molecular formula is C22H44F6N2O4S2. The molecule has 0 N–H and O–H groups in total. The minimum Gasteiger partial charge on any atom is -0.421 e. The van der Waals surface area contributed by atoms with Crippen LogP contribution in [0.2, 0.25) is 0 Å². The van der Waals surface area contributed by atoms with E-state index < -0.39 is 31.1 Å². The van der Waals surface area contributed by atoms with Gasteiger partial charge in [0.2, 0.25) is 0 Å². The van der Waals surface area contributed by atoms with Crippen molar-refractivity contribution in [3.05, 3.63) is 4.13 Å². The van der Waals surface area contributed by atoms with Gasteiger partial charge in [-0.2, -0.15) is 26.3 Å². The van der Waals surface area contributed by atoms with Gasteiger partial charge in [-0.25, -0.2) is 16.8 Å². The third-order valence-corrected chi connectivity index (χ3v) is 8.47. The molecule has 0 unspecified atom stereocenters. The van der Waals surface area contributed by atoms with Gasteiger partial charge in [0.15, 0.2) is 20.0 Å². The van der Waals surface area contributed by atoms with E-state index in [9.17, 15) is 43.2 Å². The van der Waals surface area contributed by atoms with Crippen LogP contribution in [0.25, 0.3) is 4.13 Å². The van der Waals surface area contributed by atoms with Crippen LogP contribution in [0.1, 0.15) is 105 Å². The van der Waals surface area contributed by atoms with Crippen LogP contribution in [0.15, 0.2) is 0 Å². The number of halogens is 6. The molecule has 0 saturated carbocycles. The lowest BCUT2D eigenvalue weighted by atomic mass is 10.1. The smallest absolute Gasteiger partial charge is 0.421 e. The van der Waals surface area contributed by atoms with Crippen molar-refractivity contribution in [2.45, 2.75) is 116 Å².